The molecule has 9 heteroatoms. The molecule has 3 aromatic rings. The van der Waals surface area contributed by atoms with Crippen LogP contribution in [0.4, 0.5) is 4.79 Å². The van der Waals surface area contributed by atoms with E-state index >= 15 is 0 Å². The summed E-state index contributed by atoms with van der Waals surface area (Å²) in [6.07, 6.45) is 0. The van der Waals surface area contributed by atoms with Gasteiger partial charge in [-0.25, -0.2) is 9.59 Å². The molecule has 0 aliphatic heterocycles. The van der Waals surface area contributed by atoms with Gasteiger partial charge in [-0.15, -0.1) is 0 Å². The van der Waals surface area contributed by atoms with Gasteiger partial charge in [-0.05, 0) is 72.4 Å². The van der Waals surface area contributed by atoms with Crippen LogP contribution in [0.5, 0.6) is 0 Å². The monoisotopic (exact) mass is 495 g/mol. The third-order valence-corrected chi connectivity index (χ3v) is 4.94. The van der Waals surface area contributed by atoms with E-state index in [1.54, 1.807) is 12.1 Å². The molecule has 0 spiro atoms. The van der Waals surface area contributed by atoms with Crippen molar-refractivity contribution < 1.29 is 31.8 Å². The summed E-state index contributed by atoms with van der Waals surface area (Å²) in [5.41, 5.74) is 0.254. The van der Waals surface area contributed by atoms with Crippen molar-refractivity contribution >= 4 is 47.5 Å². The Morgan fingerprint density at radius 3 is 1.52 bits per heavy atom. The number of carbonyl (C=O) groups is 2. The molecule has 0 atom stereocenters. The van der Waals surface area contributed by atoms with Gasteiger partial charge >= 0.3 is 12.0 Å². The van der Waals surface area contributed by atoms with Crippen molar-refractivity contribution in [1.82, 2.24) is 9.44 Å². The number of hydrogen-bond donors (Lipinski definition) is 3. The number of carboxylic acid groups (broad SMARTS) is 1. The summed E-state index contributed by atoms with van der Waals surface area (Å²) in [6, 6.07) is 25.2. The standard InChI is InChI=1S/C13H12N2OS2.C7H5ClO2.Cu/c16-13(14-17-11-7-3-1-4-8-11)15-18-12-9-5-2-6-10-12;8-6-3-1-5(2-4-6)7(9)10;/h1-10H,(H2,14,15,16);1-4H,(H,9,10);. The summed E-state index contributed by atoms with van der Waals surface area (Å²) in [5, 5.41) is 8.98. The maximum absolute atomic E-state index is 11.5. The number of urea groups is 1. The van der Waals surface area contributed by atoms with Gasteiger partial charge in [-0.1, -0.05) is 48.0 Å². The third-order valence-electron chi connectivity index (χ3n) is 3.10. The molecule has 155 valence electrons. The summed E-state index contributed by atoms with van der Waals surface area (Å²) in [6.45, 7) is 0. The Labute approximate surface area is 193 Å². The van der Waals surface area contributed by atoms with Crippen LogP contribution in [0.2, 0.25) is 5.02 Å². The van der Waals surface area contributed by atoms with Crippen LogP contribution in [-0.2, 0) is 17.1 Å². The molecule has 0 heterocycles. The van der Waals surface area contributed by atoms with Crippen molar-refractivity contribution in [2.75, 3.05) is 0 Å². The van der Waals surface area contributed by atoms with E-state index in [-0.39, 0.29) is 28.7 Å². The van der Waals surface area contributed by atoms with Crippen LogP contribution < -0.4 is 9.44 Å². The smallest absolute Gasteiger partial charge is 0.335 e. The molecule has 3 rings (SSSR count). The van der Waals surface area contributed by atoms with E-state index < -0.39 is 5.97 Å². The molecule has 0 aliphatic rings. The molecule has 0 bridgehead atoms. The first-order valence-corrected chi connectivity index (χ1v) is 10.0. The minimum Gasteiger partial charge on any atom is -0.478 e. The molecule has 0 unspecified atom stereocenters. The third kappa shape index (κ3) is 10.3. The van der Waals surface area contributed by atoms with Gasteiger partial charge in [0.15, 0.2) is 0 Å². The topological polar surface area (TPSA) is 78.4 Å². The van der Waals surface area contributed by atoms with Crippen molar-refractivity contribution in [3.05, 3.63) is 95.5 Å². The van der Waals surface area contributed by atoms with Gasteiger partial charge in [0.05, 0.1) is 5.56 Å². The van der Waals surface area contributed by atoms with E-state index in [1.165, 1.54) is 36.0 Å². The first-order chi connectivity index (χ1) is 13.5. The largest absolute Gasteiger partial charge is 0.478 e. The Hall–Kier alpha value is -2.09. The molecule has 0 saturated heterocycles. The number of benzene rings is 3. The molecule has 1 radical (unpaired) electrons. The van der Waals surface area contributed by atoms with E-state index in [0.29, 0.717) is 5.02 Å². The molecule has 3 N–H and O–H groups in total. The zero-order valence-electron chi connectivity index (χ0n) is 14.8. The SMILES string of the molecule is O=C(NSc1ccccc1)NSc1ccccc1.O=C(O)c1ccc(Cl)cc1.[Cu]. The van der Waals surface area contributed by atoms with Crippen LogP contribution >= 0.6 is 35.5 Å². The van der Waals surface area contributed by atoms with Crippen LogP contribution in [0.15, 0.2) is 94.7 Å². The summed E-state index contributed by atoms with van der Waals surface area (Å²) in [4.78, 5) is 23.8. The fourth-order valence-electron chi connectivity index (χ4n) is 1.80. The van der Waals surface area contributed by atoms with E-state index in [1.807, 2.05) is 60.7 Å². The number of aromatic carboxylic acids is 1. The van der Waals surface area contributed by atoms with E-state index in [0.717, 1.165) is 9.79 Å². The van der Waals surface area contributed by atoms with Gasteiger partial charge in [-0.3, -0.25) is 9.44 Å². The molecule has 29 heavy (non-hydrogen) atoms. The van der Waals surface area contributed by atoms with Crippen LogP contribution in [0.25, 0.3) is 0 Å². The predicted molar refractivity (Wildman–Crippen MR) is 115 cm³/mol. The zero-order chi connectivity index (χ0) is 20.2. The van der Waals surface area contributed by atoms with Crippen molar-refractivity contribution in [3.8, 4) is 0 Å². The minimum atomic E-state index is -0.934. The second-order valence-corrected chi connectivity index (χ2v) is 7.37. The summed E-state index contributed by atoms with van der Waals surface area (Å²) < 4.78 is 5.43. The van der Waals surface area contributed by atoms with Gasteiger partial charge < -0.3 is 5.11 Å². The second kappa shape index (κ2) is 14.0. The molecule has 2 amide bonds. The first kappa shape index (κ1) is 24.9. The molecule has 0 aromatic heterocycles. The first-order valence-electron chi connectivity index (χ1n) is 8.03. The van der Waals surface area contributed by atoms with Crippen LogP contribution in [0.1, 0.15) is 10.4 Å². The number of nitrogens with one attached hydrogen (secondary N) is 2. The van der Waals surface area contributed by atoms with Crippen LogP contribution in [-0.4, -0.2) is 17.1 Å². The van der Waals surface area contributed by atoms with Crippen molar-refractivity contribution in [2.24, 2.45) is 0 Å². The van der Waals surface area contributed by atoms with E-state index in [4.69, 9.17) is 16.7 Å². The van der Waals surface area contributed by atoms with E-state index in [9.17, 15) is 9.59 Å². The zero-order valence-corrected chi connectivity index (χ0v) is 18.2. The molecule has 5 nitrogen and oxygen atoms in total. The fourth-order valence-corrected chi connectivity index (χ4v) is 3.10. The van der Waals surface area contributed by atoms with Gasteiger partial charge in [0, 0.05) is 31.9 Å². The molecule has 0 fully saturated rings. The van der Waals surface area contributed by atoms with Gasteiger partial charge in [0.2, 0.25) is 0 Å². The molecule has 0 aliphatic carbocycles. The average molecular weight is 497 g/mol. The number of carboxylic acids is 1. The molecular weight excluding hydrogens is 479 g/mol. The molecular formula is C20H17ClCuN2O3S2. The summed E-state index contributed by atoms with van der Waals surface area (Å²) in [7, 11) is 0. The quantitative estimate of drug-likeness (QED) is 0.310. The normalized spacial score (nSPS) is 9.28. The molecule has 0 saturated carbocycles. The van der Waals surface area contributed by atoms with Gasteiger partial charge in [0.1, 0.15) is 0 Å². The van der Waals surface area contributed by atoms with E-state index in [2.05, 4.69) is 9.44 Å². The number of halogens is 1. The Bertz CT molecular complexity index is 840. The van der Waals surface area contributed by atoms with Crippen molar-refractivity contribution in [2.45, 2.75) is 9.79 Å². The van der Waals surface area contributed by atoms with Gasteiger partial charge in [-0.2, -0.15) is 0 Å². The Morgan fingerprint density at radius 2 is 1.14 bits per heavy atom. The number of rotatable bonds is 5. The maximum atomic E-state index is 11.5. The van der Waals surface area contributed by atoms with Crippen molar-refractivity contribution in [3.63, 3.8) is 0 Å². The fraction of sp³-hybridized carbons (Fsp3) is 0. The predicted octanol–water partition coefficient (Wildman–Crippen LogP) is 5.74. The number of carbonyl (C=O) groups excluding carboxylic acids is 1. The van der Waals surface area contributed by atoms with Crippen LogP contribution in [0, 0.1) is 0 Å². The van der Waals surface area contributed by atoms with Crippen LogP contribution in [0.3, 0.4) is 0 Å². The Morgan fingerprint density at radius 1 is 0.724 bits per heavy atom. The minimum absolute atomic E-state index is 0. The Balaban J connectivity index is 0.000000327. The number of hydrogen-bond acceptors (Lipinski definition) is 4. The molecule has 3 aromatic carbocycles. The number of amides is 2. The average Bonchev–Trinajstić information content (AvgIpc) is 2.73. The van der Waals surface area contributed by atoms with Gasteiger partial charge in [0.25, 0.3) is 0 Å². The Kier molecular flexibility index (Phi) is 12.0. The van der Waals surface area contributed by atoms with Crippen molar-refractivity contribution in [1.29, 1.82) is 0 Å². The second-order valence-electron chi connectivity index (χ2n) is 5.18. The maximum Gasteiger partial charge on any atom is 0.335 e. The summed E-state index contributed by atoms with van der Waals surface area (Å²) in [5.74, 6) is -0.934. The summed E-state index contributed by atoms with van der Waals surface area (Å²) >= 11 is 8.10.